The van der Waals surface area contributed by atoms with Crippen molar-refractivity contribution in [2.45, 2.75) is 33.1 Å². The predicted molar refractivity (Wildman–Crippen MR) is 72.0 cm³/mol. The number of nitrogens with zero attached hydrogens (tertiary/aromatic N) is 1. The molecule has 1 aromatic rings. The maximum atomic E-state index is 12.7. The van der Waals surface area contributed by atoms with E-state index in [1.807, 2.05) is 0 Å². The number of Topliss-reactive ketones (excluding diaryl/α,β-unsaturated/α-hetero) is 1. The summed E-state index contributed by atoms with van der Waals surface area (Å²) in [6, 6.07) is 0. The number of rotatable bonds is 1. The van der Waals surface area contributed by atoms with E-state index in [2.05, 4.69) is 30.8 Å². The molecule has 3 rings (SSSR count). The highest BCUT2D eigenvalue weighted by Crippen LogP contribution is 2.37. The Morgan fingerprint density at radius 3 is 2.94 bits per heavy atom. The number of hydrogen-bond acceptors (Lipinski definition) is 2. The molecule has 1 aromatic heterocycles. The minimum absolute atomic E-state index is 0.233. The van der Waals surface area contributed by atoms with Crippen molar-refractivity contribution in [3.63, 3.8) is 0 Å². The monoisotopic (exact) mass is 246 g/mol. The van der Waals surface area contributed by atoms with Crippen molar-refractivity contribution in [3.8, 4) is 0 Å². The van der Waals surface area contributed by atoms with E-state index in [9.17, 15) is 4.79 Å². The molecule has 3 heteroatoms. The zero-order valence-electron chi connectivity index (χ0n) is 11.5. The van der Waals surface area contributed by atoms with Crippen molar-refractivity contribution in [2.24, 2.45) is 11.8 Å². The van der Waals surface area contributed by atoms with Gasteiger partial charge in [-0.25, -0.2) is 0 Å². The highest BCUT2D eigenvalue weighted by molar-refractivity contribution is 6.02. The quantitative estimate of drug-likeness (QED) is 0.824. The average molecular weight is 246 g/mol. The molecule has 98 valence electrons. The Bertz CT molecular complexity index is 489. The van der Waals surface area contributed by atoms with E-state index in [0.717, 1.165) is 37.9 Å². The van der Waals surface area contributed by atoms with Crippen molar-refractivity contribution in [2.75, 3.05) is 20.1 Å². The molecular formula is C15H22N2O. The fourth-order valence-corrected chi connectivity index (χ4v) is 3.78. The van der Waals surface area contributed by atoms with Gasteiger partial charge < -0.3 is 9.88 Å². The summed E-state index contributed by atoms with van der Waals surface area (Å²) in [5.41, 5.74) is 4.69. The molecule has 0 unspecified atom stereocenters. The van der Waals surface area contributed by atoms with Gasteiger partial charge in [0.1, 0.15) is 0 Å². The lowest BCUT2D eigenvalue weighted by Gasteiger charge is -2.38. The smallest absolute Gasteiger partial charge is 0.169 e. The number of carbonyl (C=O) groups excluding carboxylic acids is 1. The summed E-state index contributed by atoms with van der Waals surface area (Å²) in [4.78, 5) is 18.5. The largest absolute Gasteiger partial charge is 0.362 e. The Labute approximate surface area is 109 Å². The highest BCUT2D eigenvalue weighted by atomic mass is 16.1. The van der Waals surface area contributed by atoms with E-state index >= 15 is 0 Å². The average Bonchev–Trinajstić information content (AvgIpc) is 2.66. The fraction of sp³-hybridized carbons (Fsp3) is 0.667. The maximum absolute atomic E-state index is 12.7. The van der Waals surface area contributed by atoms with Crippen LogP contribution >= 0.6 is 0 Å². The number of likely N-dealkylation sites (tertiary alicyclic amines) is 1. The number of nitrogens with one attached hydrogen (secondary N) is 1. The van der Waals surface area contributed by atoms with E-state index in [0.29, 0.717) is 11.7 Å². The molecule has 2 atom stereocenters. The second kappa shape index (κ2) is 4.23. The molecule has 1 N–H and O–H groups in total. The second-order valence-electron chi connectivity index (χ2n) is 5.92. The molecule has 1 aliphatic carbocycles. The van der Waals surface area contributed by atoms with Crippen LogP contribution in [0.3, 0.4) is 0 Å². The molecule has 2 heterocycles. The van der Waals surface area contributed by atoms with Crippen molar-refractivity contribution >= 4 is 5.78 Å². The molecule has 0 aromatic carbocycles. The molecule has 1 aliphatic heterocycles. The molecule has 0 radical (unpaired) electrons. The van der Waals surface area contributed by atoms with Crippen LogP contribution in [-0.2, 0) is 12.8 Å². The molecule has 1 fully saturated rings. The third-order valence-electron chi connectivity index (χ3n) is 4.76. The van der Waals surface area contributed by atoms with E-state index in [4.69, 9.17) is 0 Å². The molecule has 3 nitrogen and oxygen atoms in total. The Kier molecular flexibility index (Phi) is 2.81. The fourth-order valence-electron chi connectivity index (χ4n) is 3.78. The van der Waals surface area contributed by atoms with Crippen LogP contribution in [0.5, 0.6) is 0 Å². The minimum atomic E-state index is 0.233. The van der Waals surface area contributed by atoms with Gasteiger partial charge in [0.2, 0.25) is 0 Å². The first-order valence-electron chi connectivity index (χ1n) is 7.04. The van der Waals surface area contributed by atoms with E-state index in [1.54, 1.807) is 0 Å². The topological polar surface area (TPSA) is 36.1 Å². The van der Waals surface area contributed by atoms with Gasteiger partial charge in [0, 0.05) is 29.4 Å². The lowest BCUT2D eigenvalue weighted by molar-refractivity contribution is 0.0705. The first-order valence-corrected chi connectivity index (χ1v) is 7.04. The zero-order chi connectivity index (χ0) is 12.9. The van der Waals surface area contributed by atoms with E-state index in [-0.39, 0.29) is 5.92 Å². The minimum Gasteiger partial charge on any atom is -0.362 e. The molecular weight excluding hydrogens is 224 g/mol. The summed E-state index contributed by atoms with van der Waals surface area (Å²) in [7, 11) is 2.13. The Morgan fingerprint density at radius 1 is 1.44 bits per heavy atom. The van der Waals surface area contributed by atoms with Gasteiger partial charge in [-0.2, -0.15) is 0 Å². The number of ketones is 1. The van der Waals surface area contributed by atoms with Gasteiger partial charge in [0.05, 0.1) is 0 Å². The number of hydrogen-bond donors (Lipinski definition) is 1. The van der Waals surface area contributed by atoms with Gasteiger partial charge in [-0.05, 0) is 51.3 Å². The number of H-pyrrole nitrogens is 1. The summed E-state index contributed by atoms with van der Waals surface area (Å²) < 4.78 is 0. The number of aromatic amines is 1. The van der Waals surface area contributed by atoms with Gasteiger partial charge >= 0.3 is 0 Å². The number of carbonyl (C=O) groups is 1. The van der Waals surface area contributed by atoms with E-state index < -0.39 is 0 Å². The van der Waals surface area contributed by atoms with Gasteiger partial charge in [-0.1, -0.05) is 6.92 Å². The second-order valence-corrected chi connectivity index (χ2v) is 5.92. The Balaban J connectivity index is 2.03. The first kappa shape index (κ1) is 12.0. The zero-order valence-corrected chi connectivity index (χ0v) is 11.5. The van der Waals surface area contributed by atoms with Crippen LogP contribution in [0.2, 0.25) is 0 Å². The molecule has 0 bridgehead atoms. The van der Waals surface area contributed by atoms with Crippen LogP contribution < -0.4 is 0 Å². The van der Waals surface area contributed by atoms with Crippen LogP contribution in [0.4, 0.5) is 0 Å². The van der Waals surface area contributed by atoms with Crippen molar-refractivity contribution in [3.05, 3.63) is 22.5 Å². The first-order chi connectivity index (χ1) is 8.61. The SMILES string of the molecule is CCc1c(C)[nH]c2c1C(=O)[C@@H]1CN(C)CC[C@H]1C2. The third-order valence-corrected chi connectivity index (χ3v) is 4.76. The van der Waals surface area contributed by atoms with Gasteiger partial charge in [0.25, 0.3) is 0 Å². The van der Waals surface area contributed by atoms with Gasteiger partial charge in [-0.3, -0.25) is 4.79 Å². The molecule has 18 heavy (non-hydrogen) atoms. The normalized spacial score (nSPS) is 28.1. The standard InChI is InChI=1S/C15H22N2O/c1-4-11-9(2)16-13-7-10-5-6-17(3)8-12(10)15(18)14(11)13/h10,12,16H,4-8H2,1-3H3/t10-,12+/m0/s1. The molecule has 2 aliphatic rings. The van der Waals surface area contributed by atoms with Crippen LogP contribution in [0, 0.1) is 18.8 Å². The van der Waals surface area contributed by atoms with Crippen molar-refractivity contribution < 1.29 is 4.79 Å². The van der Waals surface area contributed by atoms with Crippen LogP contribution in [-0.4, -0.2) is 35.8 Å². The summed E-state index contributed by atoms with van der Waals surface area (Å²) in [6.45, 7) is 6.31. The summed E-state index contributed by atoms with van der Waals surface area (Å²) in [5, 5.41) is 0. The third kappa shape index (κ3) is 1.64. The number of piperidine rings is 1. The van der Waals surface area contributed by atoms with Gasteiger partial charge in [-0.15, -0.1) is 0 Å². The molecule has 1 saturated heterocycles. The van der Waals surface area contributed by atoms with Crippen LogP contribution in [0.1, 0.15) is 40.7 Å². The van der Waals surface area contributed by atoms with Crippen molar-refractivity contribution in [1.82, 2.24) is 9.88 Å². The number of aromatic nitrogens is 1. The summed E-state index contributed by atoms with van der Waals surface area (Å²) in [6.07, 6.45) is 3.18. The highest BCUT2D eigenvalue weighted by Gasteiger charge is 2.40. The maximum Gasteiger partial charge on any atom is 0.169 e. The summed E-state index contributed by atoms with van der Waals surface area (Å²) in [5.74, 6) is 1.19. The lowest BCUT2D eigenvalue weighted by Crippen LogP contribution is -2.45. The van der Waals surface area contributed by atoms with Gasteiger partial charge in [0.15, 0.2) is 5.78 Å². The predicted octanol–water partition coefficient (Wildman–Crippen LogP) is 2.19. The number of fused-ring (bicyclic) bond motifs is 2. The van der Waals surface area contributed by atoms with Crippen LogP contribution in [0.15, 0.2) is 0 Å². The summed E-state index contributed by atoms with van der Waals surface area (Å²) >= 11 is 0. The molecule has 0 spiro atoms. The number of aryl methyl sites for hydroxylation is 1. The van der Waals surface area contributed by atoms with E-state index in [1.165, 1.54) is 17.0 Å². The lowest BCUT2D eigenvalue weighted by atomic mass is 9.73. The van der Waals surface area contributed by atoms with Crippen LogP contribution in [0.25, 0.3) is 0 Å². The van der Waals surface area contributed by atoms with Crippen molar-refractivity contribution in [1.29, 1.82) is 0 Å². The molecule has 0 saturated carbocycles. The molecule has 0 amide bonds. The Morgan fingerprint density at radius 2 is 2.22 bits per heavy atom. The Hall–Kier alpha value is -1.09.